The normalized spacial score (nSPS) is 45.3. The molecule has 5 aliphatic carbocycles. The zero-order valence-electron chi connectivity index (χ0n) is 24.0. The molecular formula is C32H44N2O4. The van der Waals surface area contributed by atoms with Crippen molar-refractivity contribution >= 4 is 17.5 Å². The molecule has 6 heteroatoms. The van der Waals surface area contributed by atoms with Crippen molar-refractivity contribution in [1.82, 2.24) is 0 Å². The molecule has 0 heterocycles. The predicted molar refractivity (Wildman–Crippen MR) is 144 cm³/mol. The summed E-state index contributed by atoms with van der Waals surface area (Å²) in [6, 6.07) is 2.16. The van der Waals surface area contributed by atoms with E-state index in [9.17, 15) is 19.6 Å². The fraction of sp³-hybridized carbons (Fsp3) is 0.750. The van der Waals surface area contributed by atoms with E-state index in [1.165, 1.54) is 0 Å². The molecule has 5 aliphatic rings. The van der Waals surface area contributed by atoms with Gasteiger partial charge in [0.25, 0.3) is 0 Å². The maximum atomic E-state index is 14.4. The van der Waals surface area contributed by atoms with Crippen molar-refractivity contribution in [1.29, 1.82) is 5.26 Å². The molecule has 206 valence electrons. The maximum Gasteiger partial charge on any atom is 0.319 e. The van der Waals surface area contributed by atoms with Gasteiger partial charge in [-0.25, -0.2) is 0 Å². The molecule has 0 amide bonds. The van der Waals surface area contributed by atoms with Gasteiger partial charge in [-0.15, -0.1) is 0 Å². The smallest absolute Gasteiger partial charge is 0.319 e. The number of Topliss-reactive ketones (excluding diaryl/α,β-unsaturated/α-hetero) is 1. The maximum absolute atomic E-state index is 14.4. The highest BCUT2D eigenvalue weighted by atomic mass is 16.5. The Morgan fingerprint density at radius 2 is 1.76 bits per heavy atom. The summed E-state index contributed by atoms with van der Waals surface area (Å²) < 4.78 is 5.71. The predicted octanol–water partition coefficient (Wildman–Crippen LogP) is 5.32. The zero-order chi connectivity index (χ0) is 27.9. The third-order valence-corrected chi connectivity index (χ3v) is 12.4. The molecule has 3 fully saturated rings. The van der Waals surface area contributed by atoms with Gasteiger partial charge in [0, 0.05) is 22.7 Å². The topological polar surface area (TPSA) is 110 Å². The number of hydrogen-bond acceptors (Lipinski definition) is 6. The Morgan fingerprint density at radius 3 is 2.42 bits per heavy atom. The molecule has 0 bridgehead atoms. The van der Waals surface area contributed by atoms with E-state index in [1.54, 1.807) is 0 Å². The summed E-state index contributed by atoms with van der Waals surface area (Å²) in [4.78, 5) is 39.4. The Bertz CT molecular complexity index is 1190. The van der Waals surface area contributed by atoms with Crippen LogP contribution in [0, 0.1) is 62.1 Å². The second kappa shape index (κ2) is 8.62. The number of allylic oxidation sites excluding steroid dienone is 4. The molecule has 0 aliphatic heterocycles. The number of nitrogens with two attached hydrogens (primary N) is 1. The molecule has 3 saturated carbocycles. The molecule has 0 aromatic rings. The van der Waals surface area contributed by atoms with Crippen LogP contribution in [0.25, 0.3) is 0 Å². The molecule has 38 heavy (non-hydrogen) atoms. The molecule has 1 unspecified atom stereocenters. The van der Waals surface area contributed by atoms with Crippen LogP contribution < -0.4 is 5.73 Å². The van der Waals surface area contributed by atoms with E-state index in [4.69, 9.17) is 10.5 Å². The number of nitrogens with zero attached hydrogens (tertiary/aromatic N) is 1. The van der Waals surface area contributed by atoms with Crippen molar-refractivity contribution < 1.29 is 19.1 Å². The first-order chi connectivity index (χ1) is 17.7. The minimum Gasteiger partial charge on any atom is -0.464 e. The number of nitriles is 1. The van der Waals surface area contributed by atoms with Gasteiger partial charge in [0.05, 0.1) is 18.7 Å². The number of esters is 1. The Labute approximate surface area is 227 Å². The highest BCUT2D eigenvalue weighted by Gasteiger charge is 2.69. The largest absolute Gasteiger partial charge is 0.464 e. The number of carbonyl (C=O) groups is 3. The van der Waals surface area contributed by atoms with Gasteiger partial charge in [0.15, 0.2) is 11.6 Å². The summed E-state index contributed by atoms with van der Waals surface area (Å²) in [5.74, 6) is -0.441. The number of hydrogen-bond donors (Lipinski definition) is 1. The summed E-state index contributed by atoms with van der Waals surface area (Å²) in [5.41, 5.74) is 5.84. The zero-order valence-corrected chi connectivity index (χ0v) is 24.0. The van der Waals surface area contributed by atoms with Crippen molar-refractivity contribution in [3.63, 3.8) is 0 Å². The number of ketones is 2. The first-order valence-corrected chi connectivity index (χ1v) is 14.5. The Balaban J connectivity index is 1.63. The Kier molecular flexibility index (Phi) is 6.19. The summed E-state index contributed by atoms with van der Waals surface area (Å²) in [7, 11) is 0. The molecule has 0 spiro atoms. The monoisotopic (exact) mass is 520 g/mol. The fourth-order valence-corrected chi connectivity index (χ4v) is 9.90. The van der Waals surface area contributed by atoms with Gasteiger partial charge in [-0.1, -0.05) is 53.2 Å². The van der Waals surface area contributed by atoms with E-state index in [0.717, 1.165) is 50.5 Å². The molecular weight excluding hydrogens is 476 g/mol. The standard InChI is InChI=1S/C32H44N2O4/c1-19-21-7-8-30(5)24(29(21,4)14-20(16-33)27(19)37)13-23(35)26-22-15-28(2,3)9-11-32(22,12-10-31(26,30)6)18-38-25(36)17-34/h13-14,19,21-22,26H,7-12,15,17-18,34H2,1-6H3/t19-,21-,22?,26+,29-,30+,31+,32+/m0/s1. The third kappa shape index (κ3) is 3.56. The van der Waals surface area contributed by atoms with Gasteiger partial charge in [0.1, 0.15) is 6.07 Å². The van der Waals surface area contributed by atoms with Crippen LogP contribution in [0.5, 0.6) is 0 Å². The van der Waals surface area contributed by atoms with E-state index in [-0.39, 0.29) is 75.0 Å². The van der Waals surface area contributed by atoms with Gasteiger partial charge >= 0.3 is 5.97 Å². The van der Waals surface area contributed by atoms with E-state index in [2.05, 4.69) is 40.7 Å². The molecule has 2 N–H and O–H groups in total. The molecule has 0 aromatic heterocycles. The third-order valence-electron chi connectivity index (χ3n) is 12.4. The van der Waals surface area contributed by atoms with Crippen LogP contribution in [0.2, 0.25) is 0 Å². The number of fused-ring (bicyclic) bond motifs is 7. The molecule has 0 radical (unpaired) electrons. The molecule has 8 atom stereocenters. The van der Waals surface area contributed by atoms with Crippen LogP contribution in [-0.4, -0.2) is 30.7 Å². The number of carbonyl (C=O) groups excluding carboxylic acids is 3. The van der Waals surface area contributed by atoms with Gasteiger partial charge in [-0.05, 0) is 79.1 Å². The average Bonchev–Trinajstić information content (AvgIpc) is 2.86. The fourth-order valence-electron chi connectivity index (χ4n) is 9.90. The first kappa shape index (κ1) is 27.3. The Hall–Kier alpha value is -2.26. The quantitative estimate of drug-likeness (QED) is 0.505. The highest BCUT2D eigenvalue weighted by molar-refractivity contribution is 6.02. The van der Waals surface area contributed by atoms with Crippen molar-refractivity contribution in [3.8, 4) is 6.07 Å². The van der Waals surface area contributed by atoms with Gasteiger partial charge in [0.2, 0.25) is 0 Å². The lowest BCUT2D eigenvalue weighted by Crippen LogP contribution is -2.64. The molecule has 0 aromatic carbocycles. The van der Waals surface area contributed by atoms with Crippen LogP contribution in [0.1, 0.15) is 86.5 Å². The summed E-state index contributed by atoms with van der Waals surface area (Å²) in [6.45, 7) is 13.6. The number of rotatable bonds is 3. The Morgan fingerprint density at radius 1 is 1.08 bits per heavy atom. The van der Waals surface area contributed by atoms with Crippen molar-refractivity contribution in [2.45, 2.75) is 86.5 Å². The van der Waals surface area contributed by atoms with Crippen LogP contribution >= 0.6 is 0 Å². The van der Waals surface area contributed by atoms with Crippen LogP contribution in [0.3, 0.4) is 0 Å². The first-order valence-electron chi connectivity index (χ1n) is 14.5. The SMILES string of the molecule is C[C@@H]1C(=O)C(C#N)=C[C@]2(C)C3=CC(=O)[C@H]4C5CC(C)(C)CC[C@]5(COC(=O)CN)CC[C@@]4(C)[C@]3(C)CC[C@@H]12. The van der Waals surface area contributed by atoms with Crippen LogP contribution in [-0.2, 0) is 19.1 Å². The van der Waals surface area contributed by atoms with E-state index in [1.807, 2.05) is 19.1 Å². The van der Waals surface area contributed by atoms with E-state index < -0.39 is 5.41 Å². The van der Waals surface area contributed by atoms with Crippen LogP contribution in [0.4, 0.5) is 0 Å². The molecule has 5 rings (SSSR count). The van der Waals surface area contributed by atoms with E-state index in [0.29, 0.717) is 6.61 Å². The summed E-state index contributed by atoms with van der Waals surface area (Å²) >= 11 is 0. The minimum absolute atomic E-state index is 0.0654. The van der Waals surface area contributed by atoms with Gasteiger partial charge < -0.3 is 10.5 Å². The number of ether oxygens (including phenoxy) is 1. The lowest BCUT2D eigenvalue weighted by atomic mass is 9.35. The van der Waals surface area contributed by atoms with Gasteiger partial charge in [-0.2, -0.15) is 5.26 Å². The molecule has 0 saturated heterocycles. The van der Waals surface area contributed by atoms with E-state index >= 15 is 0 Å². The summed E-state index contributed by atoms with van der Waals surface area (Å²) in [5, 5.41) is 9.78. The van der Waals surface area contributed by atoms with Crippen LogP contribution in [0.15, 0.2) is 23.3 Å². The lowest BCUT2D eigenvalue weighted by molar-refractivity contribution is -0.183. The van der Waals surface area contributed by atoms with Crippen molar-refractivity contribution in [2.24, 2.45) is 56.5 Å². The average molecular weight is 521 g/mol. The molecule has 6 nitrogen and oxygen atoms in total. The second-order valence-corrected chi connectivity index (χ2v) is 14.6. The highest BCUT2D eigenvalue weighted by Crippen LogP contribution is 2.73. The minimum atomic E-state index is -0.494. The van der Waals surface area contributed by atoms with Crippen molar-refractivity contribution in [2.75, 3.05) is 13.2 Å². The second-order valence-electron chi connectivity index (χ2n) is 14.6. The lowest BCUT2D eigenvalue weighted by Gasteiger charge is -2.68. The summed E-state index contributed by atoms with van der Waals surface area (Å²) in [6.07, 6.45) is 10.4. The van der Waals surface area contributed by atoms with Crippen molar-refractivity contribution in [3.05, 3.63) is 23.3 Å². The van der Waals surface area contributed by atoms with Gasteiger partial charge in [-0.3, -0.25) is 14.4 Å².